The van der Waals surface area contributed by atoms with Crippen LogP contribution in [0.5, 0.6) is 11.5 Å². The van der Waals surface area contributed by atoms with Gasteiger partial charge in [-0.15, -0.1) is 0 Å². The molecule has 1 aliphatic rings. The van der Waals surface area contributed by atoms with Crippen LogP contribution in [0.3, 0.4) is 0 Å². The van der Waals surface area contributed by atoms with Gasteiger partial charge in [-0.3, -0.25) is 0 Å². The number of hydrogen-bond acceptors (Lipinski definition) is 8. The van der Waals surface area contributed by atoms with Crippen molar-refractivity contribution in [1.82, 2.24) is 0 Å². The molecule has 3 rings (SSSR count). The van der Waals surface area contributed by atoms with E-state index in [1.807, 2.05) is 0 Å². The summed E-state index contributed by atoms with van der Waals surface area (Å²) in [5.74, 6) is 1.12. The van der Waals surface area contributed by atoms with Crippen molar-refractivity contribution in [2.24, 2.45) is 0 Å². The first-order valence-electron chi connectivity index (χ1n) is 8.71. The third kappa shape index (κ3) is 4.60. The first kappa shape index (κ1) is 20.1. The maximum atomic E-state index is 11.5. The Bertz CT molecular complexity index is 890. The molecule has 1 aromatic carbocycles. The number of ether oxygens (including phenoxy) is 3. The van der Waals surface area contributed by atoms with Crippen LogP contribution in [0.2, 0.25) is 0 Å². The fourth-order valence-corrected chi connectivity index (χ4v) is 2.79. The highest BCUT2D eigenvalue weighted by Crippen LogP contribution is 2.25. The Morgan fingerprint density at radius 1 is 1.00 bits per heavy atom. The fourth-order valence-electron chi connectivity index (χ4n) is 2.79. The zero-order valence-corrected chi connectivity index (χ0v) is 15.4. The highest BCUT2D eigenvalue weighted by molar-refractivity contribution is 5.68. The van der Waals surface area contributed by atoms with Gasteiger partial charge in [-0.1, -0.05) is 18.2 Å². The summed E-state index contributed by atoms with van der Waals surface area (Å²) in [7, 11) is 1.46. The van der Waals surface area contributed by atoms with Crippen LogP contribution in [0.4, 0.5) is 0 Å². The van der Waals surface area contributed by atoms with Gasteiger partial charge in [0.25, 0.3) is 0 Å². The standard InChI is InChI=1S/C20H22O8/c1-11-17(22)18(23)19(24)20(26-11)28-13-5-3-4-12(8-13)6-7-14-9-15(25-2)10-16(21)27-14/h3-11,17-20,22-24H,1-2H3. The lowest BCUT2D eigenvalue weighted by Crippen LogP contribution is -2.58. The van der Waals surface area contributed by atoms with Crippen LogP contribution in [0, 0.1) is 0 Å². The van der Waals surface area contributed by atoms with Crippen molar-refractivity contribution >= 4 is 12.2 Å². The van der Waals surface area contributed by atoms with E-state index in [-0.39, 0.29) is 0 Å². The Labute approximate surface area is 161 Å². The Morgan fingerprint density at radius 3 is 2.54 bits per heavy atom. The molecule has 2 aromatic rings. The van der Waals surface area contributed by atoms with E-state index < -0.39 is 36.3 Å². The van der Waals surface area contributed by atoms with Crippen molar-refractivity contribution in [2.45, 2.75) is 37.6 Å². The van der Waals surface area contributed by atoms with E-state index in [4.69, 9.17) is 18.6 Å². The average Bonchev–Trinajstić information content (AvgIpc) is 2.68. The maximum absolute atomic E-state index is 11.5. The minimum Gasteiger partial charge on any atom is -0.496 e. The highest BCUT2D eigenvalue weighted by Gasteiger charge is 2.43. The molecule has 5 unspecified atom stereocenters. The molecule has 1 aromatic heterocycles. The quantitative estimate of drug-likeness (QED) is 0.693. The summed E-state index contributed by atoms with van der Waals surface area (Å²) in [6, 6.07) is 9.72. The first-order valence-corrected chi connectivity index (χ1v) is 8.71. The van der Waals surface area contributed by atoms with Crippen LogP contribution in [0.15, 0.2) is 45.6 Å². The Morgan fingerprint density at radius 2 is 1.79 bits per heavy atom. The molecule has 3 N–H and O–H groups in total. The van der Waals surface area contributed by atoms with Crippen molar-refractivity contribution in [3.05, 3.63) is 58.1 Å². The summed E-state index contributed by atoms with van der Waals surface area (Å²) < 4.78 is 21.2. The topological polar surface area (TPSA) is 119 Å². The molecule has 5 atom stereocenters. The third-order valence-electron chi connectivity index (χ3n) is 4.36. The monoisotopic (exact) mass is 390 g/mol. The van der Waals surface area contributed by atoms with Crippen LogP contribution in [0.1, 0.15) is 18.2 Å². The van der Waals surface area contributed by atoms with Gasteiger partial charge < -0.3 is 33.9 Å². The number of rotatable bonds is 5. The number of benzene rings is 1. The molecule has 28 heavy (non-hydrogen) atoms. The maximum Gasteiger partial charge on any atom is 0.339 e. The Kier molecular flexibility index (Phi) is 6.15. The Hall–Kier alpha value is -2.65. The molecular weight excluding hydrogens is 368 g/mol. The molecule has 0 spiro atoms. The molecule has 0 saturated carbocycles. The molecule has 1 aliphatic heterocycles. The van der Waals surface area contributed by atoms with Gasteiger partial charge in [0.1, 0.15) is 35.6 Å². The Balaban J connectivity index is 1.74. The van der Waals surface area contributed by atoms with Crippen molar-refractivity contribution in [3.63, 3.8) is 0 Å². The summed E-state index contributed by atoms with van der Waals surface area (Å²) in [5.41, 5.74) is 0.219. The SMILES string of the molecule is COc1cc(C=Cc2cccc(OC3OC(C)C(O)C(O)C3O)c2)oc(=O)c1. The molecule has 150 valence electrons. The van der Waals surface area contributed by atoms with Gasteiger partial charge in [0.2, 0.25) is 6.29 Å². The van der Waals surface area contributed by atoms with E-state index >= 15 is 0 Å². The lowest BCUT2D eigenvalue weighted by molar-refractivity contribution is -0.268. The van der Waals surface area contributed by atoms with E-state index in [1.54, 1.807) is 49.4 Å². The van der Waals surface area contributed by atoms with E-state index in [0.29, 0.717) is 17.3 Å². The number of aliphatic hydroxyl groups is 3. The fraction of sp³-hybridized carbons (Fsp3) is 0.350. The number of hydrogen-bond donors (Lipinski definition) is 3. The van der Waals surface area contributed by atoms with Crippen molar-refractivity contribution in [1.29, 1.82) is 0 Å². The van der Waals surface area contributed by atoms with Gasteiger partial charge in [-0.2, -0.15) is 0 Å². The van der Waals surface area contributed by atoms with E-state index in [0.717, 1.165) is 5.56 Å². The van der Waals surface area contributed by atoms with Gasteiger partial charge in [-0.25, -0.2) is 4.79 Å². The lowest BCUT2D eigenvalue weighted by atomic mass is 10.00. The molecule has 0 aliphatic carbocycles. The largest absolute Gasteiger partial charge is 0.496 e. The highest BCUT2D eigenvalue weighted by atomic mass is 16.7. The lowest BCUT2D eigenvalue weighted by Gasteiger charge is -2.38. The summed E-state index contributed by atoms with van der Waals surface area (Å²) in [5, 5.41) is 29.7. The molecule has 1 fully saturated rings. The van der Waals surface area contributed by atoms with Crippen molar-refractivity contribution in [3.8, 4) is 11.5 Å². The molecule has 8 nitrogen and oxygen atoms in total. The molecule has 2 heterocycles. The van der Waals surface area contributed by atoms with Crippen LogP contribution in [-0.2, 0) is 4.74 Å². The molecule has 0 bridgehead atoms. The zero-order chi connectivity index (χ0) is 20.3. The van der Waals surface area contributed by atoms with Crippen molar-refractivity contribution in [2.75, 3.05) is 7.11 Å². The van der Waals surface area contributed by atoms with Crippen LogP contribution >= 0.6 is 0 Å². The predicted octanol–water partition coefficient (Wildman–Crippen LogP) is 1.03. The average molecular weight is 390 g/mol. The summed E-state index contributed by atoms with van der Waals surface area (Å²) in [6.45, 7) is 1.58. The summed E-state index contributed by atoms with van der Waals surface area (Å²) >= 11 is 0. The minimum absolute atomic E-state index is 0.327. The minimum atomic E-state index is -1.39. The third-order valence-corrected chi connectivity index (χ3v) is 4.36. The molecule has 8 heteroatoms. The van der Waals surface area contributed by atoms with E-state index in [1.165, 1.54) is 13.2 Å². The second kappa shape index (κ2) is 8.57. The predicted molar refractivity (Wildman–Crippen MR) is 99.9 cm³/mol. The first-order chi connectivity index (χ1) is 13.4. The van der Waals surface area contributed by atoms with Gasteiger partial charge in [0.15, 0.2) is 0 Å². The second-order valence-corrected chi connectivity index (χ2v) is 6.42. The van der Waals surface area contributed by atoms with Crippen LogP contribution < -0.4 is 15.1 Å². The second-order valence-electron chi connectivity index (χ2n) is 6.42. The molecule has 0 amide bonds. The normalized spacial score (nSPS) is 27.7. The van der Waals surface area contributed by atoms with Gasteiger partial charge >= 0.3 is 5.63 Å². The molecule has 0 radical (unpaired) electrons. The van der Waals surface area contributed by atoms with Crippen molar-refractivity contribution < 1.29 is 33.9 Å². The van der Waals surface area contributed by atoms with Gasteiger partial charge in [0, 0.05) is 6.07 Å². The van der Waals surface area contributed by atoms with Crippen LogP contribution in [-0.4, -0.2) is 53.1 Å². The zero-order valence-electron chi connectivity index (χ0n) is 15.4. The van der Waals surface area contributed by atoms with E-state index in [9.17, 15) is 20.1 Å². The smallest absolute Gasteiger partial charge is 0.339 e. The summed E-state index contributed by atoms with van der Waals surface area (Å²) in [6.07, 6.45) is -2.45. The number of aliphatic hydroxyl groups excluding tert-OH is 3. The van der Waals surface area contributed by atoms with Crippen LogP contribution in [0.25, 0.3) is 12.2 Å². The molecule has 1 saturated heterocycles. The van der Waals surface area contributed by atoms with E-state index in [2.05, 4.69) is 0 Å². The summed E-state index contributed by atoms with van der Waals surface area (Å²) in [4.78, 5) is 11.5. The molecular formula is C20H22O8. The van der Waals surface area contributed by atoms with Gasteiger partial charge in [-0.05, 0) is 30.7 Å². The number of methoxy groups -OCH3 is 1. The van der Waals surface area contributed by atoms with Gasteiger partial charge in [0.05, 0.1) is 19.3 Å².